The molecular weight excluding hydrogens is 571 g/mol. The lowest BCUT2D eigenvalue weighted by molar-refractivity contribution is -0.137. The molecule has 2 atom stereocenters. The van der Waals surface area contributed by atoms with Crippen LogP contribution < -0.4 is 14.5 Å². The molecule has 0 spiro atoms. The van der Waals surface area contributed by atoms with Crippen LogP contribution in [0.1, 0.15) is 47.2 Å². The topological polar surface area (TPSA) is 99.7 Å². The number of rotatable bonds is 7. The molecule has 232 valence electrons. The third kappa shape index (κ3) is 6.04. The SMILES string of the molecule is C=CC(=O)N1CCN(c2c(C#N)c(OC[C@@H]3CCCN3C)nc3c2CCN(c2c(C)cccc2C(F)(F)F)C3)C[C@@H]1CC#N. The van der Waals surface area contributed by atoms with E-state index in [2.05, 4.69) is 23.6 Å². The highest BCUT2D eigenvalue weighted by Crippen LogP contribution is 2.42. The van der Waals surface area contributed by atoms with Crippen LogP contribution in [-0.2, 0) is 23.9 Å². The fraction of sp³-hybridized carbons (Fsp3) is 0.500. The highest BCUT2D eigenvalue weighted by molar-refractivity contribution is 5.87. The Morgan fingerprint density at radius 3 is 2.61 bits per heavy atom. The van der Waals surface area contributed by atoms with Crippen molar-refractivity contribution >= 4 is 17.3 Å². The van der Waals surface area contributed by atoms with Gasteiger partial charge in [-0.1, -0.05) is 18.7 Å². The van der Waals surface area contributed by atoms with E-state index in [9.17, 15) is 28.5 Å². The summed E-state index contributed by atoms with van der Waals surface area (Å²) in [6.45, 7) is 7.97. The molecule has 3 aliphatic rings. The maximum absolute atomic E-state index is 14.1. The molecule has 12 heteroatoms. The lowest BCUT2D eigenvalue weighted by Crippen LogP contribution is -2.55. The number of carbonyl (C=O) groups is 1. The van der Waals surface area contributed by atoms with Crippen LogP contribution in [0.3, 0.4) is 0 Å². The molecule has 44 heavy (non-hydrogen) atoms. The molecule has 3 aliphatic heterocycles. The molecule has 0 saturated carbocycles. The molecule has 0 N–H and O–H groups in total. The number of amides is 1. The first-order valence-electron chi connectivity index (χ1n) is 14.8. The number of likely N-dealkylation sites (N-methyl/N-ethyl adjacent to an activating group) is 1. The van der Waals surface area contributed by atoms with Crippen molar-refractivity contribution < 1.29 is 22.7 Å². The number of benzene rings is 1. The van der Waals surface area contributed by atoms with Gasteiger partial charge in [0.05, 0.1) is 47.7 Å². The second-order valence-electron chi connectivity index (χ2n) is 11.6. The predicted octanol–water partition coefficient (Wildman–Crippen LogP) is 4.43. The van der Waals surface area contributed by atoms with Crippen molar-refractivity contribution in [3.63, 3.8) is 0 Å². The smallest absolute Gasteiger partial charge is 0.418 e. The van der Waals surface area contributed by atoms with E-state index in [1.165, 1.54) is 12.1 Å². The van der Waals surface area contributed by atoms with Gasteiger partial charge in [-0.05, 0) is 57.5 Å². The zero-order valence-corrected chi connectivity index (χ0v) is 25.0. The quantitative estimate of drug-likeness (QED) is 0.427. The molecular formula is C32H36F3N7O2. The number of anilines is 2. The largest absolute Gasteiger partial charge is 0.475 e. The number of carbonyl (C=O) groups excluding carboxylic acids is 1. The zero-order valence-electron chi connectivity index (χ0n) is 25.0. The van der Waals surface area contributed by atoms with Crippen LogP contribution in [0, 0.1) is 29.6 Å². The molecule has 2 fully saturated rings. The molecule has 0 aliphatic carbocycles. The van der Waals surface area contributed by atoms with Crippen molar-refractivity contribution in [3.05, 3.63) is 58.8 Å². The number of hydrogen-bond donors (Lipinski definition) is 0. The number of likely N-dealkylation sites (tertiary alicyclic amines) is 1. The summed E-state index contributed by atoms with van der Waals surface area (Å²) in [6.07, 6.45) is -0.838. The molecule has 0 bridgehead atoms. The standard InChI is InChI=1S/C32H36F3N7O2/c1-4-28(43)42-16-15-41(18-22(42)10-12-36)30-24-11-14-40(29-21(2)7-5-9-26(29)32(33,34)35)19-27(24)38-31(25(30)17-37)44-20-23-8-6-13-39(23)3/h4-5,7,9,22-23H,1,6,8,10-11,13-16,18-20H2,2-3H3/t22-,23-/m0/s1. The lowest BCUT2D eigenvalue weighted by atomic mass is 9.95. The number of nitriles is 2. The van der Waals surface area contributed by atoms with Gasteiger partial charge in [-0.25, -0.2) is 4.98 Å². The molecule has 1 amide bonds. The van der Waals surface area contributed by atoms with Crippen LogP contribution in [0.15, 0.2) is 30.9 Å². The number of alkyl halides is 3. The molecule has 1 aromatic carbocycles. The van der Waals surface area contributed by atoms with E-state index in [0.29, 0.717) is 56.2 Å². The molecule has 4 heterocycles. The summed E-state index contributed by atoms with van der Waals surface area (Å²) in [5, 5.41) is 20.0. The fourth-order valence-electron chi connectivity index (χ4n) is 6.70. The van der Waals surface area contributed by atoms with Crippen LogP contribution in [-0.4, -0.2) is 79.2 Å². The summed E-state index contributed by atoms with van der Waals surface area (Å²) in [5.41, 5.74) is 2.17. The number of aromatic nitrogens is 1. The van der Waals surface area contributed by atoms with Crippen molar-refractivity contribution in [2.24, 2.45) is 0 Å². The Morgan fingerprint density at radius 2 is 1.95 bits per heavy atom. The van der Waals surface area contributed by atoms with Gasteiger partial charge in [0.1, 0.15) is 18.2 Å². The first-order valence-corrected chi connectivity index (χ1v) is 14.8. The minimum absolute atomic E-state index is 0.101. The van der Waals surface area contributed by atoms with Crippen LogP contribution >= 0.6 is 0 Å². The van der Waals surface area contributed by atoms with Gasteiger partial charge in [0.25, 0.3) is 0 Å². The van der Waals surface area contributed by atoms with Gasteiger partial charge in [0, 0.05) is 37.8 Å². The summed E-state index contributed by atoms with van der Waals surface area (Å²) in [4.78, 5) is 24.9. The van der Waals surface area contributed by atoms with Crippen LogP contribution in [0.5, 0.6) is 5.88 Å². The first-order chi connectivity index (χ1) is 21.1. The molecule has 5 rings (SSSR count). The Labute approximate surface area is 255 Å². The second kappa shape index (κ2) is 12.7. The Balaban J connectivity index is 1.57. The average molecular weight is 608 g/mol. The van der Waals surface area contributed by atoms with Crippen molar-refractivity contribution in [1.29, 1.82) is 10.5 Å². The number of nitrogens with zero attached hydrogens (tertiary/aromatic N) is 7. The van der Waals surface area contributed by atoms with Crippen LogP contribution in [0.4, 0.5) is 24.5 Å². The monoisotopic (exact) mass is 607 g/mol. The minimum Gasteiger partial charge on any atom is -0.475 e. The molecule has 0 radical (unpaired) electrons. The Bertz CT molecular complexity index is 1510. The highest BCUT2D eigenvalue weighted by Gasteiger charge is 2.38. The third-order valence-electron chi connectivity index (χ3n) is 8.93. The van der Waals surface area contributed by atoms with E-state index < -0.39 is 17.8 Å². The number of para-hydroxylation sites is 1. The summed E-state index contributed by atoms with van der Waals surface area (Å²) in [6, 6.07) is 8.39. The number of fused-ring (bicyclic) bond motifs is 1. The Kier molecular flexibility index (Phi) is 9.02. The summed E-state index contributed by atoms with van der Waals surface area (Å²) in [5.74, 6) is -0.105. The van der Waals surface area contributed by atoms with Crippen LogP contribution in [0.25, 0.3) is 0 Å². The predicted molar refractivity (Wildman–Crippen MR) is 159 cm³/mol. The number of ether oxygens (including phenoxy) is 1. The van der Waals surface area contributed by atoms with Gasteiger partial charge in [0.2, 0.25) is 11.8 Å². The number of hydrogen-bond acceptors (Lipinski definition) is 8. The fourth-order valence-corrected chi connectivity index (χ4v) is 6.70. The number of piperazine rings is 1. The number of aryl methyl sites for hydroxylation is 1. The Morgan fingerprint density at radius 1 is 1.16 bits per heavy atom. The molecule has 2 saturated heterocycles. The van der Waals surface area contributed by atoms with E-state index in [1.807, 2.05) is 11.9 Å². The van der Waals surface area contributed by atoms with Gasteiger partial charge in [-0.2, -0.15) is 23.7 Å². The van der Waals surface area contributed by atoms with Crippen LogP contribution in [0.2, 0.25) is 0 Å². The van der Waals surface area contributed by atoms with Gasteiger partial charge in [-0.15, -0.1) is 0 Å². The Hall–Kier alpha value is -4.29. The number of halogens is 3. The van der Waals surface area contributed by atoms with Crippen molar-refractivity contribution in [1.82, 2.24) is 14.8 Å². The van der Waals surface area contributed by atoms with E-state index in [1.54, 1.807) is 22.8 Å². The van der Waals surface area contributed by atoms with E-state index in [-0.39, 0.29) is 42.0 Å². The van der Waals surface area contributed by atoms with E-state index >= 15 is 0 Å². The zero-order chi connectivity index (χ0) is 31.6. The normalized spacial score (nSPS) is 20.6. The minimum atomic E-state index is -4.52. The molecule has 1 aromatic heterocycles. The van der Waals surface area contributed by atoms with Gasteiger partial charge in [0.15, 0.2) is 0 Å². The maximum Gasteiger partial charge on any atom is 0.418 e. The molecule has 0 unspecified atom stereocenters. The first kappa shape index (κ1) is 31.1. The van der Waals surface area contributed by atoms with E-state index in [0.717, 1.165) is 31.0 Å². The van der Waals surface area contributed by atoms with E-state index in [4.69, 9.17) is 9.72 Å². The average Bonchev–Trinajstić information content (AvgIpc) is 3.42. The molecule has 2 aromatic rings. The van der Waals surface area contributed by atoms with Gasteiger partial charge >= 0.3 is 6.18 Å². The van der Waals surface area contributed by atoms with Gasteiger partial charge in [-0.3, -0.25) is 4.79 Å². The second-order valence-corrected chi connectivity index (χ2v) is 11.6. The summed E-state index contributed by atoms with van der Waals surface area (Å²) < 4.78 is 48.5. The van der Waals surface area contributed by atoms with Gasteiger partial charge < -0.3 is 24.3 Å². The lowest BCUT2D eigenvalue weighted by Gasteiger charge is -2.43. The summed E-state index contributed by atoms with van der Waals surface area (Å²) >= 11 is 0. The maximum atomic E-state index is 14.1. The highest BCUT2D eigenvalue weighted by atomic mass is 19.4. The number of pyridine rings is 1. The summed E-state index contributed by atoms with van der Waals surface area (Å²) in [7, 11) is 2.02. The van der Waals surface area contributed by atoms with Crippen molar-refractivity contribution in [3.8, 4) is 18.0 Å². The van der Waals surface area contributed by atoms with Crippen molar-refractivity contribution in [2.75, 3.05) is 56.2 Å². The van der Waals surface area contributed by atoms with Crippen molar-refractivity contribution in [2.45, 2.75) is 57.4 Å². The molecule has 9 nitrogen and oxygen atoms in total. The third-order valence-corrected chi connectivity index (χ3v) is 8.93.